The van der Waals surface area contributed by atoms with E-state index < -0.39 is 18.6 Å². The fourth-order valence-corrected chi connectivity index (χ4v) is 2.55. The zero-order valence-corrected chi connectivity index (χ0v) is 12.1. The molecule has 0 aromatic heterocycles. The van der Waals surface area contributed by atoms with Gasteiger partial charge in [-0.05, 0) is 37.9 Å². The number of benzene rings is 1. The highest BCUT2D eigenvalue weighted by Gasteiger charge is 2.49. The topological polar surface area (TPSA) is 87.1 Å². The Balaban J connectivity index is 2.34. The molecule has 2 N–H and O–H groups in total. The lowest BCUT2D eigenvalue weighted by Gasteiger charge is -2.33. The predicted molar refractivity (Wildman–Crippen MR) is 78.0 cm³/mol. The molecule has 112 valence electrons. The molecule has 21 heavy (non-hydrogen) atoms. The first-order chi connectivity index (χ1) is 9.90. The van der Waals surface area contributed by atoms with Crippen LogP contribution in [0.25, 0.3) is 0 Å². The first-order valence-electron chi connectivity index (χ1n) is 6.86. The van der Waals surface area contributed by atoms with Crippen molar-refractivity contribution in [3.8, 4) is 0 Å². The predicted octanol–water partition coefficient (Wildman–Crippen LogP) is -0.185. The quantitative estimate of drug-likeness (QED) is 0.593. The van der Waals surface area contributed by atoms with Crippen LogP contribution in [0.5, 0.6) is 0 Å². The zero-order chi connectivity index (χ0) is 15.6. The Morgan fingerprint density at radius 3 is 2.52 bits per heavy atom. The van der Waals surface area contributed by atoms with Gasteiger partial charge in [-0.2, -0.15) is 0 Å². The summed E-state index contributed by atoms with van der Waals surface area (Å²) < 4.78 is 5.08. The Morgan fingerprint density at radius 2 is 2.00 bits per heavy atom. The highest BCUT2D eigenvalue weighted by Crippen LogP contribution is 2.35. The van der Waals surface area contributed by atoms with Crippen LogP contribution in [-0.2, 0) is 14.3 Å². The monoisotopic (exact) mass is 291 g/mol. The van der Waals surface area contributed by atoms with Crippen LogP contribution in [0, 0.1) is 0 Å². The summed E-state index contributed by atoms with van der Waals surface area (Å²) in [6, 6.07) is 6.21. The number of esters is 1. The standard InChI is InChI=1S/C14H18BNO5/c1-3-21-13(18)14(2)9-8-12(17)16(14)11-6-4-10(5-7-11)15(19)20/h4-7,19-20H,3,8-9H2,1-2H3. The van der Waals surface area contributed by atoms with Gasteiger partial charge in [0.2, 0.25) is 5.91 Å². The number of hydrogen-bond acceptors (Lipinski definition) is 5. The maximum atomic E-state index is 12.2. The summed E-state index contributed by atoms with van der Waals surface area (Å²) in [5.74, 6) is -0.579. The zero-order valence-electron chi connectivity index (χ0n) is 12.1. The molecular formula is C14H18BNO5. The van der Waals surface area contributed by atoms with Gasteiger partial charge in [-0.1, -0.05) is 12.1 Å². The van der Waals surface area contributed by atoms with E-state index in [1.165, 1.54) is 17.0 Å². The SMILES string of the molecule is CCOC(=O)C1(C)CCC(=O)N1c1ccc(B(O)O)cc1. The molecule has 1 fully saturated rings. The van der Waals surface area contributed by atoms with E-state index in [2.05, 4.69) is 0 Å². The van der Waals surface area contributed by atoms with Crippen molar-refractivity contribution in [2.24, 2.45) is 0 Å². The molecule has 7 heteroatoms. The molecule has 1 aromatic rings. The molecule has 0 bridgehead atoms. The van der Waals surface area contributed by atoms with Crippen LogP contribution >= 0.6 is 0 Å². The summed E-state index contributed by atoms with van der Waals surface area (Å²) >= 11 is 0. The van der Waals surface area contributed by atoms with E-state index in [0.29, 0.717) is 17.6 Å². The van der Waals surface area contributed by atoms with Crippen LogP contribution in [0.2, 0.25) is 0 Å². The van der Waals surface area contributed by atoms with E-state index in [4.69, 9.17) is 14.8 Å². The fraction of sp³-hybridized carbons (Fsp3) is 0.429. The molecule has 1 saturated heterocycles. The van der Waals surface area contributed by atoms with Gasteiger partial charge in [0, 0.05) is 12.1 Å². The molecule has 1 heterocycles. The number of anilines is 1. The van der Waals surface area contributed by atoms with Crippen molar-refractivity contribution in [2.75, 3.05) is 11.5 Å². The van der Waals surface area contributed by atoms with Crippen molar-refractivity contribution in [1.29, 1.82) is 0 Å². The molecule has 1 aromatic carbocycles. The first kappa shape index (κ1) is 15.5. The number of hydrogen-bond donors (Lipinski definition) is 2. The molecule has 1 unspecified atom stereocenters. The Bertz CT molecular complexity index is 545. The Kier molecular flexibility index (Phi) is 4.34. The second-order valence-electron chi connectivity index (χ2n) is 5.19. The third kappa shape index (κ3) is 2.79. The molecule has 1 amide bonds. The van der Waals surface area contributed by atoms with Gasteiger partial charge in [0.05, 0.1) is 6.61 Å². The molecule has 6 nitrogen and oxygen atoms in total. The summed E-state index contributed by atoms with van der Waals surface area (Å²) in [7, 11) is -1.57. The van der Waals surface area contributed by atoms with E-state index >= 15 is 0 Å². The van der Waals surface area contributed by atoms with Crippen molar-refractivity contribution in [1.82, 2.24) is 0 Å². The van der Waals surface area contributed by atoms with Gasteiger partial charge < -0.3 is 14.8 Å². The highest BCUT2D eigenvalue weighted by molar-refractivity contribution is 6.58. The minimum atomic E-state index is -1.57. The van der Waals surface area contributed by atoms with Crippen LogP contribution in [0.1, 0.15) is 26.7 Å². The lowest BCUT2D eigenvalue weighted by Crippen LogP contribution is -2.51. The summed E-state index contributed by atoms with van der Waals surface area (Å²) in [5, 5.41) is 18.2. The molecule has 0 radical (unpaired) electrons. The molecule has 0 spiro atoms. The van der Waals surface area contributed by atoms with E-state index in [1.807, 2.05) is 0 Å². The van der Waals surface area contributed by atoms with Gasteiger partial charge in [-0.15, -0.1) is 0 Å². The smallest absolute Gasteiger partial charge is 0.464 e. The van der Waals surface area contributed by atoms with Crippen LogP contribution < -0.4 is 10.4 Å². The Morgan fingerprint density at radius 1 is 1.38 bits per heavy atom. The van der Waals surface area contributed by atoms with Gasteiger partial charge >= 0.3 is 13.1 Å². The minimum Gasteiger partial charge on any atom is -0.464 e. The second-order valence-corrected chi connectivity index (χ2v) is 5.19. The normalized spacial score (nSPS) is 21.5. The van der Waals surface area contributed by atoms with Crippen LogP contribution in [0.15, 0.2) is 24.3 Å². The molecule has 0 saturated carbocycles. The molecular weight excluding hydrogens is 273 g/mol. The maximum absolute atomic E-state index is 12.2. The lowest BCUT2D eigenvalue weighted by atomic mass is 9.80. The summed E-state index contributed by atoms with van der Waals surface area (Å²) in [4.78, 5) is 25.7. The Labute approximate surface area is 123 Å². The molecule has 0 aliphatic carbocycles. The third-order valence-electron chi connectivity index (χ3n) is 3.73. The van der Waals surface area contributed by atoms with Crippen molar-refractivity contribution in [3.05, 3.63) is 24.3 Å². The largest absolute Gasteiger partial charge is 0.488 e. The summed E-state index contributed by atoms with van der Waals surface area (Å²) in [6.45, 7) is 3.66. The highest BCUT2D eigenvalue weighted by atomic mass is 16.5. The molecule has 1 aliphatic rings. The van der Waals surface area contributed by atoms with Crippen LogP contribution in [-0.4, -0.2) is 41.2 Å². The number of ether oxygens (including phenoxy) is 1. The second kappa shape index (κ2) is 5.87. The lowest BCUT2D eigenvalue weighted by molar-refractivity contribution is -0.149. The van der Waals surface area contributed by atoms with Gasteiger partial charge in [-0.3, -0.25) is 9.69 Å². The van der Waals surface area contributed by atoms with E-state index in [1.54, 1.807) is 26.0 Å². The molecule has 2 rings (SSSR count). The van der Waals surface area contributed by atoms with Crippen LogP contribution in [0.3, 0.4) is 0 Å². The first-order valence-corrected chi connectivity index (χ1v) is 6.86. The van der Waals surface area contributed by atoms with E-state index in [9.17, 15) is 9.59 Å². The molecule has 1 atom stereocenters. The maximum Gasteiger partial charge on any atom is 0.488 e. The van der Waals surface area contributed by atoms with Gasteiger partial charge in [-0.25, -0.2) is 4.79 Å². The van der Waals surface area contributed by atoms with Crippen LogP contribution in [0.4, 0.5) is 5.69 Å². The number of carbonyl (C=O) groups is 2. The van der Waals surface area contributed by atoms with E-state index in [0.717, 1.165) is 0 Å². The number of amides is 1. The van der Waals surface area contributed by atoms with Crippen molar-refractivity contribution in [2.45, 2.75) is 32.2 Å². The van der Waals surface area contributed by atoms with Gasteiger partial charge in [0.1, 0.15) is 5.54 Å². The van der Waals surface area contributed by atoms with Crippen molar-refractivity contribution >= 4 is 30.1 Å². The van der Waals surface area contributed by atoms with Crippen molar-refractivity contribution < 1.29 is 24.4 Å². The fourth-order valence-electron chi connectivity index (χ4n) is 2.55. The van der Waals surface area contributed by atoms with Gasteiger partial charge in [0.25, 0.3) is 0 Å². The van der Waals surface area contributed by atoms with E-state index in [-0.39, 0.29) is 18.9 Å². The van der Waals surface area contributed by atoms with Crippen molar-refractivity contribution in [3.63, 3.8) is 0 Å². The summed E-state index contributed by atoms with van der Waals surface area (Å²) in [5.41, 5.74) is -0.160. The number of nitrogens with zero attached hydrogens (tertiary/aromatic N) is 1. The van der Waals surface area contributed by atoms with Gasteiger partial charge in [0.15, 0.2) is 0 Å². The third-order valence-corrected chi connectivity index (χ3v) is 3.73. The Hall–Kier alpha value is -1.86. The summed E-state index contributed by atoms with van der Waals surface area (Å²) in [6.07, 6.45) is 0.675. The molecule has 1 aliphatic heterocycles. The minimum absolute atomic E-state index is 0.150. The number of carbonyl (C=O) groups excluding carboxylic acids is 2. The average molecular weight is 291 g/mol. The number of rotatable bonds is 4. The average Bonchev–Trinajstić information content (AvgIpc) is 2.76.